The Morgan fingerprint density at radius 2 is 1.03 bits per heavy atom. The normalized spacial score (nSPS) is 10.4. The van der Waals surface area contributed by atoms with Crippen molar-refractivity contribution in [1.29, 1.82) is 0 Å². The van der Waals surface area contributed by atoms with Crippen LogP contribution in [-0.2, 0) is 6.42 Å². The first kappa shape index (κ1) is 19.3. The van der Waals surface area contributed by atoms with Gasteiger partial charge in [-0.25, -0.2) is 0 Å². The summed E-state index contributed by atoms with van der Waals surface area (Å²) in [6.07, 6.45) is 0.853. The van der Waals surface area contributed by atoms with Gasteiger partial charge in [-0.2, -0.15) is 0 Å². The molecule has 0 aromatic heterocycles. The summed E-state index contributed by atoms with van der Waals surface area (Å²) in [7, 11) is 0. The maximum absolute atomic E-state index is 12.5. The quantitative estimate of drug-likeness (QED) is 0.425. The molecule has 3 heteroatoms. The highest BCUT2D eigenvalue weighted by atomic mass is 16.1. The summed E-state index contributed by atoms with van der Waals surface area (Å²) in [5, 5.41) is 2.91. The Morgan fingerprint density at radius 1 is 0.533 bits per heavy atom. The summed E-state index contributed by atoms with van der Waals surface area (Å²) < 4.78 is 0. The predicted molar refractivity (Wildman–Crippen MR) is 120 cm³/mol. The topological polar surface area (TPSA) is 46.2 Å². The zero-order valence-electron chi connectivity index (χ0n) is 16.4. The van der Waals surface area contributed by atoms with Gasteiger partial charge in [-0.1, -0.05) is 84.9 Å². The summed E-state index contributed by atoms with van der Waals surface area (Å²) in [5.74, 6) is -0.263. The number of ketones is 1. The molecule has 0 heterocycles. The first-order valence-electron chi connectivity index (χ1n) is 9.83. The molecule has 4 aromatic carbocycles. The molecule has 146 valence electrons. The molecule has 0 radical (unpaired) electrons. The average molecular weight is 391 g/mol. The predicted octanol–water partition coefficient (Wildman–Crippen LogP) is 5.76. The third-order valence-electron chi connectivity index (χ3n) is 4.91. The second kappa shape index (κ2) is 9.01. The minimum atomic E-state index is -0.204. The lowest BCUT2D eigenvalue weighted by Gasteiger charge is -2.08. The van der Waals surface area contributed by atoms with Crippen molar-refractivity contribution in [3.05, 3.63) is 137 Å². The molecule has 0 aliphatic carbocycles. The van der Waals surface area contributed by atoms with Crippen molar-refractivity contribution in [2.75, 3.05) is 5.32 Å². The summed E-state index contributed by atoms with van der Waals surface area (Å²) >= 11 is 0. The van der Waals surface area contributed by atoms with E-state index in [4.69, 9.17) is 0 Å². The van der Waals surface area contributed by atoms with Gasteiger partial charge in [-0.15, -0.1) is 0 Å². The molecular formula is C27H21NO2. The van der Waals surface area contributed by atoms with Gasteiger partial charge in [0.1, 0.15) is 0 Å². The first-order chi connectivity index (χ1) is 14.7. The number of carbonyl (C=O) groups is 2. The minimum Gasteiger partial charge on any atom is -0.322 e. The lowest BCUT2D eigenvalue weighted by molar-refractivity contribution is 0.102. The van der Waals surface area contributed by atoms with Gasteiger partial charge in [-0.05, 0) is 41.8 Å². The van der Waals surface area contributed by atoms with E-state index >= 15 is 0 Å². The molecule has 30 heavy (non-hydrogen) atoms. The summed E-state index contributed by atoms with van der Waals surface area (Å²) in [6.45, 7) is 0. The number of hydrogen-bond donors (Lipinski definition) is 1. The van der Waals surface area contributed by atoms with E-state index in [9.17, 15) is 9.59 Å². The Bertz CT molecular complexity index is 1130. The molecular weight excluding hydrogens is 370 g/mol. The Balaban J connectivity index is 1.39. The number of hydrogen-bond acceptors (Lipinski definition) is 2. The van der Waals surface area contributed by atoms with Gasteiger partial charge in [0, 0.05) is 22.4 Å². The third kappa shape index (κ3) is 4.70. The lowest BCUT2D eigenvalue weighted by Crippen LogP contribution is -2.12. The van der Waals surface area contributed by atoms with Crippen molar-refractivity contribution in [2.45, 2.75) is 6.42 Å². The molecule has 0 aliphatic heterocycles. The van der Waals surface area contributed by atoms with E-state index in [-0.39, 0.29) is 11.7 Å². The van der Waals surface area contributed by atoms with Crippen LogP contribution in [0.25, 0.3) is 0 Å². The van der Waals surface area contributed by atoms with Gasteiger partial charge >= 0.3 is 0 Å². The van der Waals surface area contributed by atoms with Crippen LogP contribution in [0.5, 0.6) is 0 Å². The van der Waals surface area contributed by atoms with Crippen LogP contribution in [0, 0.1) is 0 Å². The highest BCUT2D eigenvalue weighted by molar-refractivity contribution is 6.10. The number of anilines is 1. The molecule has 3 nitrogen and oxygen atoms in total. The third-order valence-corrected chi connectivity index (χ3v) is 4.91. The Kier molecular flexibility index (Phi) is 5.81. The van der Waals surface area contributed by atoms with Crippen LogP contribution in [0.3, 0.4) is 0 Å². The second-order valence-electron chi connectivity index (χ2n) is 7.09. The van der Waals surface area contributed by atoms with Gasteiger partial charge in [0.25, 0.3) is 5.91 Å². The Morgan fingerprint density at radius 3 is 1.67 bits per heavy atom. The van der Waals surface area contributed by atoms with Crippen molar-refractivity contribution in [3.8, 4) is 0 Å². The van der Waals surface area contributed by atoms with Crippen LogP contribution in [0.4, 0.5) is 5.69 Å². The molecule has 0 saturated heterocycles. The summed E-state index contributed by atoms with van der Waals surface area (Å²) in [5.41, 5.74) is 4.87. The van der Waals surface area contributed by atoms with Crippen LogP contribution >= 0.6 is 0 Å². The molecule has 0 bridgehead atoms. The van der Waals surface area contributed by atoms with Crippen LogP contribution in [0.15, 0.2) is 109 Å². The summed E-state index contributed by atoms with van der Waals surface area (Å²) in [6, 6.07) is 33.9. The molecule has 0 unspecified atom stereocenters. The lowest BCUT2D eigenvalue weighted by atomic mass is 10.0. The second-order valence-corrected chi connectivity index (χ2v) is 7.09. The first-order valence-corrected chi connectivity index (χ1v) is 9.83. The van der Waals surface area contributed by atoms with Gasteiger partial charge in [-0.3, -0.25) is 9.59 Å². The maximum atomic E-state index is 12.5. The van der Waals surface area contributed by atoms with Crippen LogP contribution in [0.1, 0.15) is 37.4 Å². The zero-order chi connectivity index (χ0) is 20.8. The van der Waals surface area contributed by atoms with E-state index in [0.29, 0.717) is 16.7 Å². The zero-order valence-corrected chi connectivity index (χ0v) is 16.4. The molecule has 0 aliphatic rings. The van der Waals surface area contributed by atoms with Gasteiger partial charge in [0.2, 0.25) is 0 Å². The van der Waals surface area contributed by atoms with E-state index in [1.165, 1.54) is 11.1 Å². The molecule has 0 saturated carbocycles. The number of nitrogens with one attached hydrogen (secondary N) is 1. The fourth-order valence-electron chi connectivity index (χ4n) is 3.27. The van der Waals surface area contributed by atoms with Crippen LogP contribution in [-0.4, -0.2) is 11.7 Å². The molecule has 4 rings (SSSR count). The van der Waals surface area contributed by atoms with Crippen LogP contribution in [0.2, 0.25) is 0 Å². The average Bonchev–Trinajstić information content (AvgIpc) is 2.81. The highest BCUT2D eigenvalue weighted by Gasteiger charge is 2.11. The Labute approximate surface area is 176 Å². The summed E-state index contributed by atoms with van der Waals surface area (Å²) in [4.78, 5) is 25.0. The number of benzene rings is 4. The van der Waals surface area contributed by atoms with Crippen molar-refractivity contribution in [2.24, 2.45) is 0 Å². The van der Waals surface area contributed by atoms with Gasteiger partial charge in [0.05, 0.1) is 0 Å². The van der Waals surface area contributed by atoms with Crippen molar-refractivity contribution in [3.63, 3.8) is 0 Å². The minimum absolute atomic E-state index is 0.0587. The fourth-order valence-corrected chi connectivity index (χ4v) is 3.27. The number of carbonyl (C=O) groups excluding carboxylic acids is 2. The maximum Gasteiger partial charge on any atom is 0.255 e. The fraction of sp³-hybridized carbons (Fsp3) is 0.0370. The smallest absolute Gasteiger partial charge is 0.255 e. The van der Waals surface area contributed by atoms with Crippen LogP contribution < -0.4 is 5.32 Å². The monoisotopic (exact) mass is 391 g/mol. The number of amides is 1. The van der Waals surface area contributed by atoms with Gasteiger partial charge in [0.15, 0.2) is 5.78 Å². The molecule has 1 N–H and O–H groups in total. The molecule has 0 spiro atoms. The van der Waals surface area contributed by atoms with Crippen molar-refractivity contribution >= 4 is 17.4 Å². The van der Waals surface area contributed by atoms with Gasteiger partial charge < -0.3 is 5.32 Å². The largest absolute Gasteiger partial charge is 0.322 e. The van der Waals surface area contributed by atoms with E-state index < -0.39 is 0 Å². The molecule has 0 atom stereocenters. The van der Waals surface area contributed by atoms with E-state index in [1.807, 2.05) is 60.7 Å². The Hall–Kier alpha value is -3.98. The standard InChI is InChI=1S/C27H21NO2/c29-26(22-9-5-2-6-10-22)23-13-15-24(16-14-23)27(30)28-25-17-11-21(12-18-25)19-20-7-3-1-4-8-20/h1-18H,19H2,(H,28,30). The van der Waals surface area contributed by atoms with Crippen molar-refractivity contribution < 1.29 is 9.59 Å². The molecule has 0 fully saturated rings. The number of rotatable bonds is 6. The highest BCUT2D eigenvalue weighted by Crippen LogP contribution is 2.16. The SMILES string of the molecule is O=C(Nc1ccc(Cc2ccccc2)cc1)c1ccc(C(=O)c2ccccc2)cc1. The van der Waals surface area contributed by atoms with Crippen molar-refractivity contribution in [1.82, 2.24) is 0 Å². The van der Waals surface area contributed by atoms with E-state index in [0.717, 1.165) is 12.1 Å². The van der Waals surface area contributed by atoms with E-state index in [1.54, 1.807) is 36.4 Å². The molecule has 1 amide bonds. The van der Waals surface area contributed by atoms with E-state index in [2.05, 4.69) is 17.4 Å². The molecule has 4 aromatic rings.